The van der Waals surface area contributed by atoms with Gasteiger partial charge in [0.15, 0.2) is 0 Å². The van der Waals surface area contributed by atoms with Crippen LogP contribution in [0, 0.1) is 0 Å². The smallest absolute Gasteiger partial charge is 0.124 e. The van der Waals surface area contributed by atoms with Crippen molar-refractivity contribution in [1.82, 2.24) is 15.3 Å². The quantitative estimate of drug-likeness (QED) is 0.794. The molecule has 0 spiro atoms. The molecule has 1 N–H and O–H groups in total. The van der Waals surface area contributed by atoms with Crippen molar-refractivity contribution in [2.24, 2.45) is 0 Å². The van der Waals surface area contributed by atoms with Crippen LogP contribution >= 0.6 is 15.9 Å². The first-order valence-electron chi connectivity index (χ1n) is 4.07. The van der Waals surface area contributed by atoms with Crippen molar-refractivity contribution in [1.29, 1.82) is 0 Å². The molecule has 2 heterocycles. The van der Waals surface area contributed by atoms with E-state index >= 15 is 0 Å². The molecular weight excluding hydrogens is 218 g/mol. The van der Waals surface area contributed by atoms with Gasteiger partial charge in [-0.25, -0.2) is 4.98 Å². The molecule has 1 aliphatic heterocycles. The molecule has 1 unspecified atom stereocenters. The minimum Gasteiger partial charge on any atom is -0.309 e. The number of nitrogens with one attached hydrogen (secondary N) is 1. The lowest BCUT2D eigenvalue weighted by atomic mass is 10.2. The second kappa shape index (κ2) is 3.49. The second-order valence-electron chi connectivity index (χ2n) is 2.91. The van der Waals surface area contributed by atoms with Crippen LogP contribution in [0.1, 0.15) is 24.6 Å². The van der Waals surface area contributed by atoms with Gasteiger partial charge in [0.05, 0.1) is 24.1 Å². The predicted octanol–water partition coefficient (Wildman–Crippen LogP) is 1.66. The molecule has 12 heavy (non-hydrogen) atoms. The van der Waals surface area contributed by atoms with Gasteiger partial charge in [0, 0.05) is 0 Å². The van der Waals surface area contributed by atoms with Crippen LogP contribution < -0.4 is 5.32 Å². The first-order chi connectivity index (χ1) is 5.86. The van der Waals surface area contributed by atoms with Gasteiger partial charge < -0.3 is 5.32 Å². The Labute approximate surface area is 79.7 Å². The van der Waals surface area contributed by atoms with Crippen LogP contribution in [0.5, 0.6) is 0 Å². The Bertz CT molecular complexity index is 254. The normalized spacial score (nSPS) is 22.9. The van der Waals surface area contributed by atoms with Crippen LogP contribution in [0.25, 0.3) is 0 Å². The van der Waals surface area contributed by atoms with E-state index in [0.29, 0.717) is 6.04 Å². The highest BCUT2D eigenvalue weighted by Gasteiger charge is 2.17. The summed E-state index contributed by atoms with van der Waals surface area (Å²) < 4.78 is 0.796. The molecule has 2 rings (SSSR count). The maximum absolute atomic E-state index is 4.29. The number of hydrogen-bond donors (Lipinski definition) is 1. The van der Waals surface area contributed by atoms with Gasteiger partial charge in [0.1, 0.15) is 4.60 Å². The number of hydrogen-bond acceptors (Lipinski definition) is 3. The van der Waals surface area contributed by atoms with E-state index in [1.165, 1.54) is 12.8 Å². The summed E-state index contributed by atoms with van der Waals surface area (Å²) in [4.78, 5) is 8.43. The van der Waals surface area contributed by atoms with Gasteiger partial charge in [0.25, 0.3) is 0 Å². The fourth-order valence-electron chi connectivity index (χ4n) is 1.44. The molecule has 3 nitrogen and oxygen atoms in total. The van der Waals surface area contributed by atoms with E-state index in [0.717, 1.165) is 16.8 Å². The van der Waals surface area contributed by atoms with Gasteiger partial charge in [-0.05, 0) is 35.3 Å². The highest BCUT2D eigenvalue weighted by atomic mass is 79.9. The van der Waals surface area contributed by atoms with E-state index in [2.05, 4.69) is 31.2 Å². The molecule has 1 saturated heterocycles. The summed E-state index contributed by atoms with van der Waals surface area (Å²) in [5.74, 6) is 0. The molecule has 1 aromatic rings. The molecule has 1 aliphatic rings. The number of nitrogens with zero attached hydrogens (tertiary/aromatic N) is 2. The first kappa shape index (κ1) is 8.13. The summed E-state index contributed by atoms with van der Waals surface area (Å²) in [7, 11) is 0. The summed E-state index contributed by atoms with van der Waals surface area (Å²) in [6.45, 7) is 1.10. The molecule has 0 aliphatic carbocycles. The largest absolute Gasteiger partial charge is 0.309 e. The van der Waals surface area contributed by atoms with Crippen molar-refractivity contribution in [2.75, 3.05) is 6.54 Å². The average molecular weight is 228 g/mol. The van der Waals surface area contributed by atoms with Crippen molar-refractivity contribution in [3.05, 3.63) is 22.7 Å². The van der Waals surface area contributed by atoms with Gasteiger partial charge in [0.2, 0.25) is 0 Å². The van der Waals surface area contributed by atoms with E-state index in [-0.39, 0.29) is 0 Å². The number of halogens is 1. The Hall–Kier alpha value is -0.480. The van der Waals surface area contributed by atoms with Crippen molar-refractivity contribution < 1.29 is 0 Å². The molecule has 1 fully saturated rings. The average Bonchev–Trinajstić information content (AvgIpc) is 2.58. The fraction of sp³-hybridized carbons (Fsp3) is 0.500. The third kappa shape index (κ3) is 1.64. The van der Waals surface area contributed by atoms with Crippen molar-refractivity contribution in [3.8, 4) is 0 Å². The van der Waals surface area contributed by atoms with Crippen LogP contribution in [0.15, 0.2) is 17.0 Å². The van der Waals surface area contributed by atoms with Gasteiger partial charge >= 0.3 is 0 Å². The van der Waals surface area contributed by atoms with Gasteiger partial charge in [-0.15, -0.1) is 0 Å². The number of aromatic nitrogens is 2. The second-order valence-corrected chi connectivity index (χ2v) is 3.73. The molecule has 0 aromatic carbocycles. The van der Waals surface area contributed by atoms with Crippen LogP contribution in [0.3, 0.4) is 0 Å². The zero-order chi connectivity index (χ0) is 8.39. The molecule has 0 saturated carbocycles. The SMILES string of the molecule is Brc1cnc(C2CCCN2)cn1. The molecular formula is C8H10BrN3. The van der Waals surface area contributed by atoms with Gasteiger partial charge in [-0.3, -0.25) is 4.98 Å². The van der Waals surface area contributed by atoms with Crippen LogP contribution in [0.2, 0.25) is 0 Å². The van der Waals surface area contributed by atoms with Crippen LogP contribution in [-0.2, 0) is 0 Å². The van der Waals surface area contributed by atoms with Gasteiger partial charge in [-0.2, -0.15) is 0 Å². The minimum absolute atomic E-state index is 0.422. The topological polar surface area (TPSA) is 37.8 Å². The zero-order valence-corrected chi connectivity index (χ0v) is 8.21. The molecule has 0 amide bonds. The lowest BCUT2D eigenvalue weighted by molar-refractivity contribution is 0.623. The summed E-state index contributed by atoms with van der Waals surface area (Å²) in [5.41, 5.74) is 1.05. The van der Waals surface area contributed by atoms with E-state index in [1.807, 2.05) is 6.20 Å². The molecule has 64 valence electrons. The van der Waals surface area contributed by atoms with Crippen LogP contribution in [0.4, 0.5) is 0 Å². The predicted molar refractivity (Wildman–Crippen MR) is 49.7 cm³/mol. The fourth-order valence-corrected chi connectivity index (χ4v) is 1.64. The van der Waals surface area contributed by atoms with Crippen LogP contribution in [-0.4, -0.2) is 16.5 Å². The minimum atomic E-state index is 0.422. The van der Waals surface area contributed by atoms with E-state index in [4.69, 9.17) is 0 Å². The monoisotopic (exact) mass is 227 g/mol. The van der Waals surface area contributed by atoms with Crippen molar-refractivity contribution >= 4 is 15.9 Å². The Morgan fingerprint density at radius 1 is 1.42 bits per heavy atom. The van der Waals surface area contributed by atoms with E-state index in [9.17, 15) is 0 Å². The molecule has 0 radical (unpaired) electrons. The van der Waals surface area contributed by atoms with E-state index < -0.39 is 0 Å². The maximum atomic E-state index is 4.29. The van der Waals surface area contributed by atoms with Crippen molar-refractivity contribution in [3.63, 3.8) is 0 Å². The Morgan fingerprint density at radius 3 is 2.92 bits per heavy atom. The highest BCUT2D eigenvalue weighted by Crippen LogP contribution is 2.20. The summed E-state index contributed by atoms with van der Waals surface area (Å²) in [6, 6.07) is 0.422. The lowest BCUT2D eigenvalue weighted by Crippen LogP contribution is -2.14. The highest BCUT2D eigenvalue weighted by molar-refractivity contribution is 9.10. The van der Waals surface area contributed by atoms with Crippen molar-refractivity contribution in [2.45, 2.75) is 18.9 Å². The summed E-state index contributed by atoms with van der Waals surface area (Å²) >= 11 is 3.26. The summed E-state index contributed by atoms with van der Waals surface area (Å²) in [5, 5.41) is 3.37. The Kier molecular flexibility index (Phi) is 2.37. The van der Waals surface area contributed by atoms with Gasteiger partial charge in [-0.1, -0.05) is 0 Å². The Balaban J connectivity index is 2.17. The lowest BCUT2D eigenvalue weighted by Gasteiger charge is -2.07. The third-order valence-corrected chi connectivity index (χ3v) is 2.47. The Morgan fingerprint density at radius 2 is 2.33 bits per heavy atom. The molecule has 0 bridgehead atoms. The standard InChI is InChI=1S/C8H10BrN3/c9-8-5-11-7(4-12-8)6-2-1-3-10-6/h4-6,10H,1-3H2. The molecule has 4 heteroatoms. The number of rotatable bonds is 1. The molecule has 1 atom stereocenters. The maximum Gasteiger partial charge on any atom is 0.124 e. The first-order valence-corrected chi connectivity index (χ1v) is 4.86. The van der Waals surface area contributed by atoms with E-state index in [1.54, 1.807) is 6.20 Å². The zero-order valence-electron chi connectivity index (χ0n) is 6.63. The summed E-state index contributed by atoms with van der Waals surface area (Å²) in [6.07, 6.45) is 5.99. The third-order valence-electron chi connectivity index (χ3n) is 2.06. The molecule has 1 aromatic heterocycles.